The summed E-state index contributed by atoms with van der Waals surface area (Å²) in [4.78, 5) is 4.62. The van der Waals surface area contributed by atoms with Crippen LogP contribution in [0.1, 0.15) is 31.6 Å². The van der Waals surface area contributed by atoms with Crippen LogP contribution in [0.4, 0.5) is 32.0 Å². The molecule has 0 radical (unpaired) electrons. The number of H-pyrrole nitrogens is 1. The standard InChI is InChI=1S/C17H17F6N3O4S/c1-29-14-10(5-9(18)13(25-14)17(21,22)23)26-31(27,28)12-7-24-11-6-16(30-2,15(19)20)4-3-8(11)12/h5,7,15,24,26H,3-4,6H2,1-2H3/t16-/m1/s1/i1D3,2D3. The summed E-state index contributed by atoms with van der Waals surface area (Å²) in [5.41, 5.74) is -5.89. The third-order valence-electron chi connectivity index (χ3n) is 4.75. The minimum absolute atomic E-state index is 0.0273. The Hall–Kier alpha value is -2.48. The second-order valence-electron chi connectivity index (χ2n) is 6.63. The maximum absolute atomic E-state index is 14.1. The van der Waals surface area contributed by atoms with E-state index in [2.05, 4.69) is 19.4 Å². The number of methoxy groups -OCH3 is 2. The van der Waals surface area contributed by atoms with Crippen LogP contribution in [-0.2, 0) is 33.8 Å². The van der Waals surface area contributed by atoms with E-state index in [-0.39, 0.29) is 17.3 Å². The van der Waals surface area contributed by atoms with Gasteiger partial charge in [0.25, 0.3) is 16.4 Å². The molecule has 0 aromatic carbocycles. The molecule has 14 heteroatoms. The van der Waals surface area contributed by atoms with Crippen LogP contribution < -0.4 is 9.46 Å². The van der Waals surface area contributed by atoms with Crippen LogP contribution in [-0.4, -0.2) is 44.5 Å². The quantitative estimate of drug-likeness (QED) is 0.619. The summed E-state index contributed by atoms with van der Waals surface area (Å²) < 4.78 is 160. The van der Waals surface area contributed by atoms with E-state index in [1.54, 1.807) is 4.72 Å². The lowest BCUT2D eigenvalue weighted by Gasteiger charge is -2.35. The van der Waals surface area contributed by atoms with E-state index in [1.807, 2.05) is 0 Å². The first kappa shape index (κ1) is 16.2. The first-order valence-corrected chi connectivity index (χ1v) is 9.79. The Bertz CT molecular complexity index is 1280. The maximum atomic E-state index is 14.1. The fourth-order valence-electron chi connectivity index (χ4n) is 3.21. The number of rotatable bonds is 6. The summed E-state index contributed by atoms with van der Waals surface area (Å²) in [6, 6.07) is 0.0273. The van der Waals surface area contributed by atoms with E-state index < -0.39 is 89.5 Å². The monoisotopic (exact) mass is 479 g/mol. The molecule has 2 N–H and O–H groups in total. The van der Waals surface area contributed by atoms with Gasteiger partial charge in [-0.1, -0.05) is 0 Å². The van der Waals surface area contributed by atoms with Crippen molar-refractivity contribution in [2.24, 2.45) is 0 Å². The van der Waals surface area contributed by atoms with Crippen LogP contribution in [0.3, 0.4) is 0 Å². The number of halogens is 6. The van der Waals surface area contributed by atoms with Crippen LogP contribution in [0.2, 0.25) is 0 Å². The Morgan fingerprint density at radius 3 is 2.71 bits per heavy atom. The average molecular weight is 479 g/mol. The minimum atomic E-state index is -5.37. The van der Waals surface area contributed by atoms with E-state index in [1.165, 1.54) is 0 Å². The van der Waals surface area contributed by atoms with Crippen molar-refractivity contribution in [1.82, 2.24) is 9.97 Å². The molecule has 0 saturated heterocycles. The van der Waals surface area contributed by atoms with Gasteiger partial charge in [-0.15, -0.1) is 0 Å². The molecule has 0 saturated carbocycles. The number of hydrogen-bond acceptors (Lipinski definition) is 5. The van der Waals surface area contributed by atoms with E-state index >= 15 is 0 Å². The number of sulfonamides is 1. The van der Waals surface area contributed by atoms with Crippen LogP contribution in [0, 0.1) is 5.82 Å². The van der Waals surface area contributed by atoms with Gasteiger partial charge in [-0.2, -0.15) is 13.2 Å². The highest BCUT2D eigenvalue weighted by molar-refractivity contribution is 7.92. The number of alkyl halides is 5. The van der Waals surface area contributed by atoms with Crippen molar-refractivity contribution in [3.05, 3.63) is 35.0 Å². The summed E-state index contributed by atoms with van der Waals surface area (Å²) in [6.45, 7) is 0. The number of fused-ring (bicyclic) bond motifs is 1. The third-order valence-corrected chi connectivity index (χ3v) is 6.19. The molecular weight excluding hydrogens is 456 g/mol. The number of hydrogen-bond donors (Lipinski definition) is 2. The Kier molecular flexibility index (Phi) is 4.12. The molecule has 1 aliphatic rings. The summed E-state index contributed by atoms with van der Waals surface area (Å²) in [6.07, 6.45) is -9.56. The topological polar surface area (TPSA) is 93.3 Å². The highest BCUT2D eigenvalue weighted by atomic mass is 32.2. The maximum Gasteiger partial charge on any atom is 0.436 e. The lowest BCUT2D eigenvalue weighted by molar-refractivity contribution is -0.143. The molecule has 31 heavy (non-hydrogen) atoms. The minimum Gasteiger partial charge on any atom is -0.479 e. The average Bonchev–Trinajstić information content (AvgIpc) is 3.10. The van der Waals surface area contributed by atoms with Gasteiger partial charge in [0.2, 0.25) is 5.88 Å². The van der Waals surface area contributed by atoms with Crippen molar-refractivity contribution in [2.45, 2.75) is 42.4 Å². The molecule has 1 atom stereocenters. The van der Waals surface area contributed by atoms with Gasteiger partial charge >= 0.3 is 6.18 Å². The van der Waals surface area contributed by atoms with Crippen molar-refractivity contribution in [3.8, 4) is 5.88 Å². The lowest BCUT2D eigenvalue weighted by atomic mass is 9.84. The van der Waals surface area contributed by atoms with Gasteiger partial charge in [-0.05, 0) is 18.4 Å². The van der Waals surface area contributed by atoms with Gasteiger partial charge < -0.3 is 14.5 Å². The Balaban J connectivity index is 2.00. The molecule has 2 aromatic rings. The fraction of sp³-hybridized carbons (Fsp3) is 0.471. The van der Waals surface area contributed by atoms with Crippen molar-refractivity contribution in [3.63, 3.8) is 0 Å². The predicted molar refractivity (Wildman–Crippen MR) is 95.1 cm³/mol. The van der Waals surface area contributed by atoms with Crippen molar-refractivity contribution >= 4 is 15.7 Å². The van der Waals surface area contributed by atoms with Crippen LogP contribution in [0.5, 0.6) is 5.88 Å². The lowest BCUT2D eigenvalue weighted by Crippen LogP contribution is -2.44. The summed E-state index contributed by atoms with van der Waals surface area (Å²) >= 11 is 0. The molecule has 2 aromatic heterocycles. The van der Waals surface area contributed by atoms with E-state index in [0.29, 0.717) is 0 Å². The normalized spacial score (nSPS) is 23.1. The van der Waals surface area contributed by atoms with Crippen LogP contribution in [0.25, 0.3) is 0 Å². The number of nitrogens with zero attached hydrogens (tertiary/aromatic N) is 1. The SMILES string of the molecule is [2H]C([2H])([2H])Oc1nc(C(F)(F)F)c(F)cc1NS(=O)(=O)c1c[nH]c2c1CC[C@](OC([2H])([2H])[2H])(C(F)F)C2. The summed E-state index contributed by atoms with van der Waals surface area (Å²) in [7, 11) is -11.4. The first-order chi connectivity index (χ1) is 16.6. The summed E-state index contributed by atoms with van der Waals surface area (Å²) in [5.74, 6) is -3.44. The number of anilines is 1. The van der Waals surface area contributed by atoms with Gasteiger partial charge in [-0.3, -0.25) is 4.72 Å². The molecule has 172 valence electrons. The molecule has 0 amide bonds. The van der Waals surface area contributed by atoms with Crippen molar-refractivity contribution < 1.29 is 52.5 Å². The van der Waals surface area contributed by atoms with Gasteiger partial charge in [-0.25, -0.2) is 26.6 Å². The number of nitrogens with one attached hydrogen (secondary N) is 2. The molecule has 0 fully saturated rings. The van der Waals surface area contributed by atoms with Crippen LogP contribution >= 0.6 is 0 Å². The zero-order valence-corrected chi connectivity index (χ0v) is 15.9. The molecule has 3 rings (SSSR count). The highest BCUT2D eigenvalue weighted by Crippen LogP contribution is 2.39. The second kappa shape index (κ2) is 7.89. The van der Waals surface area contributed by atoms with E-state index in [4.69, 9.17) is 8.22 Å². The molecule has 2 heterocycles. The number of pyridine rings is 1. The molecule has 0 bridgehead atoms. The number of ether oxygens (including phenoxy) is 2. The van der Waals surface area contributed by atoms with Crippen molar-refractivity contribution in [1.29, 1.82) is 0 Å². The van der Waals surface area contributed by atoms with Gasteiger partial charge in [0, 0.05) is 31.4 Å². The molecule has 0 aliphatic heterocycles. The third kappa shape index (κ3) is 4.18. The Labute approximate surface area is 181 Å². The molecule has 1 aliphatic carbocycles. The van der Waals surface area contributed by atoms with Gasteiger partial charge in [0.15, 0.2) is 11.5 Å². The Morgan fingerprint density at radius 1 is 1.35 bits per heavy atom. The summed E-state index contributed by atoms with van der Waals surface area (Å²) in [5, 5.41) is 0. The van der Waals surface area contributed by atoms with Crippen LogP contribution in [0.15, 0.2) is 17.2 Å². The first-order valence-electron chi connectivity index (χ1n) is 11.3. The predicted octanol–water partition coefficient (Wildman–Crippen LogP) is 3.52. The number of aromatic nitrogens is 2. The largest absolute Gasteiger partial charge is 0.479 e. The smallest absolute Gasteiger partial charge is 0.436 e. The van der Waals surface area contributed by atoms with E-state index in [9.17, 15) is 34.8 Å². The van der Waals surface area contributed by atoms with Gasteiger partial charge in [0.05, 0.1) is 15.3 Å². The fourth-order valence-corrected chi connectivity index (χ4v) is 4.52. The zero-order chi connectivity index (χ0) is 28.2. The van der Waals surface area contributed by atoms with E-state index in [0.717, 1.165) is 6.20 Å². The molecular formula is C17H17F6N3O4S. The molecule has 0 unspecified atom stereocenters. The zero-order valence-electron chi connectivity index (χ0n) is 21.1. The highest BCUT2D eigenvalue weighted by Gasteiger charge is 2.45. The second-order valence-corrected chi connectivity index (χ2v) is 8.28. The van der Waals surface area contributed by atoms with Crippen molar-refractivity contribution in [2.75, 3.05) is 18.8 Å². The molecule has 7 nitrogen and oxygen atoms in total. The Morgan fingerprint density at radius 2 is 2.10 bits per heavy atom. The molecule has 0 spiro atoms. The van der Waals surface area contributed by atoms with Gasteiger partial charge in [0.1, 0.15) is 16.2 Å². The number of aromatic amines is 1.